The molecule has 0 aliphatic rings. The van der Waals surface area contributed by atoms with Crippen molar-refractivity contribution < 1.29 is 5.11 Å². The minimum absolute atomic E-state index is 0.701. The fourth-order valence-corrected chi connectivity index (χ4v) is 0.925. The van der Waals surface area contributed by atoms with Crippen LogP contribution in [-0.2, 0) is 0 Å². The summed E-state index contributed by atoms with van der Waals surface area (Å²) in [5, 5.41) is 15.8. The minimum Gasteiger partial charge on any atom is -0.377 e. The van der Waals surface area contributed by atoms with Gasteiger partial charge in [0.05, 0.1) is 0 Å². The molecule has 1 rings (SSSR count). The van der Waals surface area contributed by atoms with Crippen LogP contribution >= 0.6 is 0 Å². The maximum Gasteiger partial charge on any atom is 0.134 e. The summed E-state index contributed by atoms with van der Waals surface area (Å²) in [6.07, 6.45) is 7.78. The van der Waals surface area contributed by atoms with E-state index in [1.165, 1.54) is 0 Å². The largest absolute Gasteiger partial charge is 0.377 e. The number of aliphatic hydroxyl groups is 1. The number of nitrogens with one attached hydrogen (secondary N) is 1. The molecular formula is C15H12N2O. The molecule has 88 valence electrons. The van der Waals surface area contributed by atoms with Crippen molar-refractivity contribution in [3.8, 4) is 35.5 Å². The van der Waals surface area contributed by atoms with Gasteiger partial charge in [0.25, 0.3) is 0 Å². The molecule has 0 radical (unpaired) electrons. The lowest BCUT2D eigenvalue weighted by Crippen LogP contribution is -1.95. The molecule has 1 aromatic heterocycles. The molecule has 0 unspecified atom stereocenters. The summed E-state index contributed by atoms with van der Waals surface area (Å²) >= 11 is 0. The number of H-pyrrole nitrogens is 1. The van der Waals surface area contributed by atoms with Crippen LogP contribution in [0.3, 0.4) is 0 Å². The summed E-state index contributed by atoms with van der Waals surface area (Å²) in [7, 11) is 0. The van der Waals surface area contributed by atoms with E-state index < -0.39 is 6.10 Å². The standard InChI is InChI=1S/C15H12N2O/c1-2-3-6-10-15(18)11-8-5-4-7-9-14-12-13-16-17-14/h2-3,6,10,12-13,15,18H,1H3,(H,16,17)/b3-2+,10-6+/t15-/m0/s1. The van der Waals surface area contributed by atoms with Gasteiger partial charge in [-0.25, -0.2) is 0 Å². The first-order valence-corrected chi connectivity index (χ1v) is 5.31. The number of allylic oxidation sites excluding steroid dienone is 3. The second kappa shape index (κ2) is 8.48. The van der Waals surface area contributed by atoms with Gasteiger partial charge in [0, 0.05) is 6.20 Å². The molecule has 1 aromatic rings. The second-order valence-electron chi connectivity index (χ2n) is 3.10. The van der Waals surface area contributed by atoms with Crippen molar-refractivity contribution in [2.75, 3.05) is 0 Å². The molecule has 3 nitrogen and oxygen atoms in total. The monoisotopic (exact) mass is 236 g/mol. The van der Waals surface area contributed by atoms with Crippen molar-refractivity contribution >= 4 is 0 Å². The molecule has 0 saturated carbocycles. The molecule has 0 fully saturated rings. The van der Waals surface area contributed by atoms with Crippen LogP contribution in [0.4, 0.5) is 0 Å². The summed E-state index contributed by atoms with van der Waals surface area (Å²) < 4.78 is 0. The number of hydrogen-bond donors (Lipinski definition) is 2. The van der Waals surface area contributed by atoms with Gasteiger partial charge < -0.3 is 5.11 Å². The summed E-state index contributed by atoms with van der Waals surface area (Å²) in [6.45, 7) is 1.90. The molecule has 1 atom stereocenters. The van der Waals surface area contributed by atoms with Crippen LogP contribution in [0.2, 0.25) is 0 Å². The van der Waals surface area contributed by atoms with Crippen molar-refractivity contribution in [1.29, 1.82) is 0 Å². The van der Waals surface area contributed by atoms with Crippen LogP contribution in [0.1, 0.15) is 12.6 Å². The Kier molecular flexibility index (Phi) is 6.31. The van der Waals surface area contributed by atoms with Gasteiger partial charge >= 0.3 is 0 Å². The predicted molar refractivity (Wildman–Crippen MR) is 71.0 cm³/mol. The first-order valence-electron chi connectivity index (χ1n) is 5.31. The van der Waals surface area contributed by atoms with E-state index in [9.17, 15) is 5.11 Å². The van der Waals surface area contributed by atoms with Crippen LogP contribution < -0.4 is 0 Å². The summed E-state index contributed by atoms with van der Waals surface area (Å²) in [5.74, 6) is 15.6. The third kappa shape index (κ3) is 6.03. The maximum absolute atomic E-state index is 9.37. The Morgan fingerprint density at radius 1 is 1.28 bits per heavy atom. The average Bonchev–Trinajstić information content (AvgIpc) is 2.87. The predicted octanol–water partition coefficient (Wildman–Crippen LogP) is 1.26. The summed E-state index contributed by atoms with van der Waals surface area (Å²) in [4.78, 5) is 0. The fraction of sp³-hybridized carbons (Fsp3) is 0.133. The molecule has 0 saturated heterocycles. The van der Waals surface area contributed by atoms with Crippen molar-refractivity contribution in [2.45, 2.75) is 13.0 Å². The van der Waals surface area contributed by atoms with Crippen LogP contribution in [-0.4, -0.2) is 21.4 Å². The molecule has 1 heterocycles. The molecule has 0 amide bonds. The Morgan fingerprint density at radius 3 is 2.83 bits per heavy atom. The highest BCUT2D eigenvalue weighted by molar-refractivity contribution is 5.40. The van der Waals surface area contributed by atoms with Gasteiger partial charge in [0.1, 0.15) is 11.8 Å². The van der Waals surface area contributed by atoms with Crippen LogP contribution in [0.15, 0.2) is 36.6 Å². The average molecular weight is 236 g/mol. The zero-order valence-corrected chi connectivity index (χ0v) is 9.94. The molecule has 0 aliphatic carbocycles. The van der Waals surface area contributed by atoms with Gasteiger partial charge in [-0.15, -0.1) is 0 Å². The van der Waals surface area contributed by atoms with Gasteiger partial charge in [-0.05, 0) is 48.7 Å². The maximum atomic E-state index is 9.37. The van der Waals surface area contributed by atoms with E-state index in [4.69, 9.17) is 0 Å². The number of hydrogen-bond acceptors (Lipinski definition) is 2. The number of nitrogens with zero attached hydrogens (tertiary/aromatic N) is 1. The van der Waals surface area contributed by atoms with E-state index in [0.717, 1.165) is 0 Å². The van der Waals surface area contributed by atoms with Gasteiger partial charge in [-0.2, -0.15) is 5.10 Å². The van der Waals surface area contributed by atoms with E-state index in [2.05, 4.69) is 45.7 Å². The lowest BCUT2D eigenvalue weighted by Gasteiger charge is -1.88. The van der Waals surface area contributed by atoms with Crippen molar-refractivity contribution in [2.24, 2.45) is 0 Å². The third-order valence-corrected chi connectivity index (χ3v) is 1.70. The zero-order chi connectivity index (χ0) is 13.1. The van der Waals surface area contributed by atoms with Crippen molar-refractivity contribution in [3.05, 3.63) is 42.3 Å². The first-order chi connectivity index (χ1) is 8.83. The normalized spacial score (nSPS) is 11.0. The Hall–Kier alpha value is -2.67. The SMILES string of the molecule is C/C=C/C=C/[C@H](O)C#CC#CC#Cc1ccn[nH]1. The van der Waals surface area contributed by atoms with Gasteiger partial charge in [-0.3, -0.25) is 5.10 Å². The van der Waals surface area contributed by atoms with Gasteiger partial charge in [0.2, 0.25) is 0 Å². The fourth-order valence-electron chi connectivity index (χ4n) is 0.925. The summed E-state index contributed by atoms with van der Waals surface area (Å²) in [5.41, 5.74) is 0.701. The second-order valence-corrected chi connectivity index (χ2v) is 3.10. The molecule has 18 heavy (non-hydrogen) atoms. The highest BCUT2D eigenvalue weighted by Crippen LogP contribution is 1.85. The molecule has 0 spiro atoms. The van der Waals surface area contributed by atoms with Crippen LogP contribution in [0, 0.1) is 35.5 Å². The highest BCUT2D eigenvalue weighted by atomic mass is 16.3. The molecule has 0 aromatic carbocycles. The summed E-state index contributed by atoms with van der Waals surface area (Å²) in [6, 6.07) is 1.75. The van der Waals surface area contributed by atoms with Crippen molar-refractivity contribution in [1.82, 2.24) is 10.2 Å². The number of aromatic amines is 1. The Balaban J connectivity index is 2.46. The first kappa shape index (κ1) is 13.4. The van der Waals surface area contributed by atoms with Crippen molar-refractivity contribution in [3.63, 3.8) is 0 Å². The Labute approximate surface area is 107 Å². The molecule has 0 bridgehead atoms. The van der Waals surface area contributed by atoms with E-state index >= 15 is 0 Å². The number of rotatable bonds is 2. The quantitative estimate of drug-likeness (QED) is 0.600. The lowest BCUT2D eigenvalue weighted by molar-refractivity contribution is 0.281. The van der Waals surface area contributed by atoms with E-state index in [-0.39, 0.29) is 0 Å². The Bertz CT molecular complexity index is 590. The van der Waals surface area contributed by atoms with E-state index in [1.807, 2.05) is 19.1 Å². The molecular weight excluding hydrogens is 224 g/mol. The lowest BCUT2D eigenvalue weighted by atomic mass is 10.3. The third-order valence-electron chi connectivity index (χ3n) is 1.70. The van der Waals surface area contributed by atoms with Crippen LogP contribution in [0.25, 0.3) is 0 Å². The number of aliphatic hydroxyl groups excluding tert-OH is 1. The zero-order valence-electron chi connectivity index (χ0n) is 9.94. The molecule has 3 heteroatoms. The highest BCUT2D eigenvalue weighted by Gasteiger charge is 1.86. The topological polar surface area (TPSA) is 48.9 Å². The minimum atomic E-state index is -0.809. The van der Waals surface area contributed by atoms with Gasteiger partial charge in [0.15, 0.2) is 0 Å². The Morgan fingerprint density at radius 2 is 2.11 bits per heavy atom. The van der Waals surface area contributed by atoms with E-state index in [1.54, 1.807) is 24.4 Å². The number of aromatic nitrogens is 2. The van der Waals surface area contributed by atoms with E-state index in [0.29, 0.717) is 5.69 Å². The van der Waals surface area contributed by atoms with Crippen LogP contribution in [0.5, 0.6) is 0 Å². The molecule has 2 N–H and O–H groups in total. The van der Waals surface area contributed by atoms with Gasteiger partial charge in [-0.1, -0.05) is 24.1 Å². The smallest absolute Gasteiger partial charge is 0.134 e. The molecule has 0 aliphatic heterocycles.